The van der Waals surface area contributed by atoms with Gasteiger partial charge in [0.1, 0.15) is 0 Å². The lowest BCUT2D eigenvalue weighted by Gasteiger charge is -2.15. The number of carbonyl (C=O) groups excluding carboxylic acids is 1. The highest BCUT2D eigenvalue weighted by molar-refractivity contribution is 9.10. The molecule has 100 valence electrons. The molecule has 0 aliphatic carbocycles. The van der Waals surface area contributed by atoms with E-state index >= 15 is 0 Å². The molecule has 0 spiro atoms. The zero-order chi connectivity index (χ0) is 14.3. The Labute approximate surface area is 128 Å². The molecule has 0 saturated carbocycles. The quantitative estimate of drug-likeness (QED) is 0.602. The van der Waals surface area contributed by atoms with Gasteiger partial charge in [0.15, 0.2) is 5.78 Å². The Bertz CT molecular complexity index is 755. The first-order valence-corrected chi connectivity index (χ1v) is 7.85. The summed E-state index contributed by atoms with van der Waals surface area (Å²) in [5, 5.41) is 1.38. The number of thioether (sulfide) groups is 1. The van der Waals surface area contributed by atoms with Crippen LogP contribution >= 0.6 is 39.3 Å². The molecule has 0 amide bonds. The molecule has 2 aromatic rings. The van der Waals surface area contributed by atoms with Gasteiger partial charge in [0.2, 0.25) is 5.43 Å². The number of pyridine rings is 1. The maximum absolute atomic E-state index is 12.5. The predicted molar refractivity (Wildman–Crippen MR) is 83.7 cm³/mol. The molecule has 0 fully saturated rings. The van der Waals surface area contributed by atoms with E-state index in [0.717, 1.165) is 4.47 Å². The molecule has 3 nitrogen and oxygen atoms in total. The first-order valence-electron chi connectivity index (χ1n) is 5.45. The van der Waals surface area contributed by atoms with Crippen molar-refractivity contribution in [2.75, 3.05) is 6.26 Å². The van der Waals surface area contributed by atoms with Crippen molar-refractivity contribution in [2.24, 2.45) is 7.05 Å². The molecule has 0 aliphatic heterocycles. The summed E-state index contributed by atoms with van der Waals surface area (Å²) < 4.78 is 2.60. The number of hydrogen-bond donors (Lipinski definition) is 0. The molecule has 1 aromatic carbocycles. The van der Waals surface area contributed by atoms with Gasteiger partial charge in [0.25, 0.3) is 0 Å². The van der Waals surface area contributed by atoms with Gasteiger partial charge in [-0.2, -0.15) is 0 Å². The zero-order valence-corrected chi connectivity index (χ0v) is 13.7. The highest BCUT2D eigenvalue weighted by Crippen LogP contribution is 2.31. The largest absolute Gasteiger partial charge is 0.337 e. The maximum atomic E-state index is 12.5. The van der Waals surface area contributed by atoms with Crippen LogP contribution in [0, 0.1) is 0 Å². The van der Waals surface area contributed by atoms with Gasteiger partial charge < -0.3 is 4.57 Å². The second kappa shape index (κ2) is 5.31. The maximum Gasteiger partial charge on any atom is 0.202 e. The summed E-state index contributed by atoms with van der Waals surface area (Å²) in [5.41, 5.74) is 0.589. The monoisotopic (exact) mass is 359 g/mol. The van der Waals surface area contributed by atoms with E-state index in [4.69, 9.17) is 11.6 Å². The number of rotatable bonds is 2. The van der Waals surface area contributed by atoms with Gasteiger partial charge in [0.05, 0.1) is 26.5 Å². The number of carbonyl (C=O) groups is 1. The van der Waals surface area contributed by atoms with E-state index in [1.54, 1.807) is 12.1 Å². The number of fused-ring (bicyclic) bond motifs is 1. The van der Waals surface area contributed by atoms with Crippen molar-refractivity contribution in [1.82, 2.24) is 4.57 Å². The smallest absolute Gasteiger partial charge is 0.202 e. The molecule has 0 atom stereocenters. The molecule has 0 saturated heterocycles. The van der Waals surface area contributed by atoms with Crippen molar-refractivity contribution in [3.8, 4) is 0 Å². The van der Waals surface area contributed by atoms with Gasteiger partial charge >= 0.3 is 0 Å². The molecule has 0 aliphatic rings. The van der Waals surface area contributed by atoms with Crippen LogP contribution < -0.4 is 5.43 Å². The van der Waals surface area contributed by atoms with Crippen LogP contribution in [0.15, 0.2) is 26.4 Å². The Kier molecular flexibility index (Phi) is 4.08. The van der Waals surface area contributed by atoms with Crippen molar-refractivity contribution in [1.29, 1.82) is 0 Å². The summed E-state index contributed by atoms with van der Waals surface area (Å²) in [5.74, 6) is -0.247. The number of aromatic nitrogens is 1. The lowest BCUT2D eigenvalue weighted by molar-refractivity contribution is 0.101. The van der Waals surface area contributed by atoms with E-state index < -0.39 is 0 Å². The highest BCUT2D eigenvalue weighted by Gasteiger charge is 2.20. The lowest BCUT2D eigenvalue weighted by atomic mass is 10.1. The van der Waals surface area contributed by atoms with Crippen LogP contribution in [0.2, 0.25) is 5.02 Å². The average molecular weight is 361 g/mol. The van der Waals surface area contributed by atoms with Crippen LogP contribution in [-0.2, 0) is 7.05 Å². The predicted octanol–water partition coefficient (Wildman–Crippen LogP) is 3.88. The van der Waals surface area contributed by atoms with E-state index in [2.05, 4.69) is 15.9 Å². The Balaban J connectivity index is 3.17. The normalized spacial score (nSPS) is 11.0. The number of hydrogen-bond acceptors (Lipinski definition) is 3. The molecule has 0 N–H and O–H groups in total. The van der Waals surface area contributed by atoms with E-state index in [9.17, 15) is 9.59 Å². The van der Waals surface area contributed by atoms with E-state index in [-0.39, 0.29) is 16.8 Å². The van der Waals surface area contributed by atoms with E-state index in [0.29, 0.717) is 21.0 Å². The average Bonchev–Trinajstić information content (AvgIpc) is 2.35. The first kappa shape index (κ1) is 14.6. The molecule has 2 rings (SSSR count). The van der Waals surface area contributed by atoms with Crippen molar-refractivity contribution in [3.63, 3.8) is 0 Å². The Morgan fingerprint density at radius 2 is 2.05 bits per heavy atom. The fourth-order valence-corrected chi connectivity index (χ4v) is 3.77. The zero-order valence-electron chi connectivity index (χ0n) is 10.6. The summed E-state index contributed by atoms with van der Waals surface area (Å²) in [4.78, 5) is 24.3. The van der Waals surface area contributed by atoms with Gasteiger partial charge in [0, 0.05) is 11.5 Å². The van der Waals surface area contributed by atoms with Crippen molar-refractivity contribution in [3.05, 3.63) is 37.4 Å². The molecule has 0 radical (unpaired) electrons. The third kappa shape index (κ3) is 2.24. The van der Waals surface area contributed by atoms with Crippen LogP contribution in [0.4, 0.5) is 0 Å². The molecular formula is C13H11BrClNO2S. The summed E-state index contributed by atoms with van der Waals surface area (Å²) in [6.45, 7) is 1.40. The standard InChI is InChI=1S/C13H11BrClNO2S/c1-6(17)9-12(18)10-8(15)5-4-7(14)11(10)16(2)13(9)19-3/h4-5H,1-3H3. The van der Waals surface area contributed by atoms with Crippen LogP contribution in [-0.4, -0.2) is 16.6 Å². The summed E-state index contributed by atoms with van der Waals surface area (Å²) in [7, 11) is 1.82. The Hall–Kier alpha value is -0.780. The SMILES string of the molecule is CSc1c(C(C)=O)c(=O)c2c(Cl)ccc(Br)c2n1C. The number of Topliss-reactive ketones (excluding diaryl/α,β-unsaturated/α-hetero) is 1. The minimum atomic E-state index is -0.309. The van der Waals surface area contributed by atoms with Crippen LogP contribution in [0.1, 0.15) is 17.3 Å². The highest BCUT2D eigenvalue weighted by atomic mass is 79.9. The molecule has 6 heteroatoms. The summed E-state index contributed by atoms with van der Waals surface area (Å²) in [6.07, 6.45) is 1.84. The van der Waals surface area contributed by atoms with Gasteiger partial charge in [-0.1, -0.05) is 11.6 Å². The van der Waals surface area contributed by atoms with Gasteiger partial charge in [-0.25, -0.2) is 0 Å². The lowest BCUT2D eigenvalue weighted by Crippen LogP contribution is -2.20. The number of nitrogens with zero attached hydrogens (tertiary/aromatic N) is 1. The van der Waals surface area contributed by atoms with Gasteiger partial charge in [-0.05, 0) is 41.2 Å². The Morgan fingerprint density at radius 1 is 1.42 bits per heavy atom. The Morgan fingerprint density at radius 3 is 2.58 bits per heavy atom. The van der Waals surface area contributed by atoms with Crippen LogP contribution in [0.3, 0.4) is 0 Å². The fourth-order valence-electron chi connectivity index (χ4n) is 2.13. The summed E-state index contributed by atoms with van der Waals surface area (Å²) >= 11 is 10.9. The van der Waals surface area contributed by atoms with Crippen molar-refractivity contribution >= 4 is 56.0 Å². The van der Waals surface area contributed by atoms with E-state index in [1.165, 1.54) is 18.7 Å². The van der Waals surface area contributed by atoms with E-state index in [1.807, 2.05) is 17.9 Å². The topological polar surface area (TPSA) is 39.1 Å². The number of ketones is 1. The number of halogens is 2. The van der Waals surface area contributed by atoms with Gasteiger partial charge in [-0.3, -0.25) is 9.59 Å². The second-order valence-corrected chi connectivity index (χ2v) is 6.14. The minimum Gasteiger partial charge on any atom is -0.337 e. The van der Waals surface area contributed by atoms with Gasteiger partial charge in [-0.15, -0.1) is 11.8 Å². The third-order valence-electron chi connectivity index (χ3n) is 2.93. The molecule has 19 heavy (non-hydrogen) atoms. The minimum absolute atomic E-state index is 0.197. The van der Waals surface area contributed by atoms with Crippen molar-refractivity contribution in [2.45, 2.75) is 11.9 Å². The molecule has 0 unspecified atom stereocenters. The van der Waals surface area contributed by atoms with Crippen molar-refractivity contribution < 1.29 is 4.79 Å². The molecule has 1 heterocycles. The molecule has 0 bridgehead atoms. The number of aryl methyl sites for hydroxylation is 1. The molecule has 1 aromatic heterocycles. The van der Waals surface area contributed by atoms with Crippen LogP contribution in [0.5, 0.6) is 0 Å². The number of benzene rings is 1. The first-order chi connectivity index (χ1) is 8.90. The molecular weight excluding hydrogens is 350 g/mol. The second-order valence-electron chi connectivity index (χ2n) is 4.08. The summed E-state index contributed by atoms with van der Waals surface area (Å²) in [6, 6.07) is 3.44. The van der Waals surface area contributed by atoms with Crippen LogP contribution in [0.25, 0.3) is 10.9 Å². The fraction of sp³-hybridized carbons (Fsp3) is 0.231. The third-order valence-corrected chi connectivity index (χ3v) is 4.75.